The molecular weight excluding hydrogens is 314 g/mol. The highest BCUT2D eigenvalue weighted by molar-refractivity contribution is 5.92. The zero-order valence-electron chi connectivity index (χ0n) is 14.6. The van der Waals surface area contributed by atoms with Gasteiger partial charge in [0.2, 0.25) is 0 Å². The lowest BCUT2D eigenvalue weighted by Gasteiger charge is -2.38. The molecule has 0 spiro atoms. The van der Waals surface area contributed by atoms with Crippen LogP contribution in [0.5, 0.6) is 0 Å². The van der Waals surface area contributed by atoms with Crippen LogP contribution in [0.4, 0.5) is 0 Å². The molecule has 1 aliphatic carbocycles. The number of benzene rings is 1. The fourth-order valence-electron chi connectivity index (χ4n) is 3.57. The fourth-order valence-corrected chi connectivity index (χ4v) is 3.57. The lowest BCUT2D eigenvalue weighted by atomic mass is 10.0. The van der Waals surface area contributed by atoms with E-state index >= 15 is 0 Å². The Morgan fingerprint density at radius 1 is 1.28 bits per heavy atom. The summed E-state index contributed by atoms with van der Waals surface area (Å²) in [5.74, 6) is 0.602. The molecule has 1 saturated carbocycles. The van der Waals surface area contributed by atoms with Crippen LogP contribution >= 0.6 is 0 Å². The highest BCUT2D eigenvalue weighted by atomic mass is 16.5. The van der Waals surface area contributed by atoms with Gasteiger partial charge in [-0.15, -0.1) is 0 Å². The lowest BCUT2D eigenvalue weighted by molar-refractivity contribution is -0.0865. The number of carbonyl (C=O) groups excluding carboxylic acids is 1. The molecule has 0 bridgehead atoms. The van der Waals surface area contributed by atoms with Crippen molar-refractivity contribution in [3.05, 3.63) is 53.3 Å². The number of H-pyrrole nitrogens is 1. The topological polar surface area (TPSA) is 58.2 Å². The van der Waals surface area contributed by atoms with Crippen LogP contribution in [0.3, 0.4) is 0 Å². The largest absolute Gasteiger partial charge is 0.366 e. The predicted octanol–water partition coefficient (Wildman–Crippen LogP) is 3.35. The van der Waals surface area contributed by atoms with Crippen molar-refractivity contribution in [2.24, 2.45) is 5.92 Å². The van der Waals surface area contributed by atoms with Gasteiger partial charge in [-0.2, -0.15) is 5.10 Å². The van der Waals surface area contributed by atoms with E-state index in [1.807, 2.05) is 29.2 Å². The molecule has 5 nitrogen and oxygen atoms in total. The summed E-state index contributed by atoms with van der Waals surface area (Å²) in [5.41, 5.74) is 2.68. The summed E-state index contributed by atoms with van der Waals surface area (Å²) in [6, 6.07) is 12.1. The van der Waals surface area contributed by atoms with E-state index in [1.54, 1.807) is 0 Å². The number of aromatic nitrogens is 2. The van der Waals surface area contributed by atoms with Gasteiger partial charge in [-0.1, -0.05) is 43.7 Å². The van der Waals surface area contributed by atoms with Crippen LogP contribution in [0, 0.1) is 5.92 Å². The normalized spacial score (nSPS) is 23.6. The molecule has 2 fully saturated rings. The van der Waals surface area contributed by atoms with E-state index in [2.05, 4.69) is 29.3 Å². The molecule has 5 heteroatoms. The molecule has 1 saturated heterocycles. The summed E-state index contributed by atoms with van der Waals surface area (Å²) < 4.78 is 6.33. The first kappa shape index (κ1) is 16.3. The van der Waals surface area contributed by atoms with E-state index in [0.29, 0.717) is 24.7 Å². The van der Waals surface area contributed by atoms with Gasteiger partial charge in [-0.3, -0.25) is 9.89 Å². The summed E-state index contributed by atoms with van der Waals surface area (Å²) in [7, 11) is 0. The van der Waals surface area contributed by atoms with E-state index in [9.17, 15) is 4.79 Å². The Labute approximate surface area is 148 Å². The number of nitrogens with zero attached hydrogens (tertiary/aromatic N) is 2. The van der Waals surface area contributed by atoms with Crippen LogP contribution in [-0.4, -0.2) is 40.2 Å². The monoisotopic (exact) mass is 339 g/mol. The van der Waals surface area contributed by atoms with Crippen LogP contribution < -0.4 is 0 Å². The average molecular weight is 339 g/mol. The summed E-state index contributed by atoms with van der Waals surface area (Å²) in [6.07, 6.45) is 4.44. The van der Waals surface area contributed by atoms with Crippen molar-refractivity contribution < 1.29 is 9.53 Å². The van der Waals surface area contributed by atoms with Crippen molar-refractivity contribution in [1.82, 2.24) is 15.1 Å². The summed E-state index contributed by atoms with van der Waals surface area (Å²) in [6.45, 7) is 3.37. The molecular formula is C20H25N3O2. The molecule has 2 aliphatic rings. The number of aromatic amines is 1. The maximum atomic E-state index is 13.0. The Balaban J connectivity index is 1.53. The van der Waals surface area contributed by atoms with Crippen LogP contribution in [0.2, 0.25) is 0 Å². The Hall–Kier alpha value is -2.14. The number of morpholine rings is 1. The van der Waals surface area contributed by atoms with Crippen molar-refractivity contribution >= 4 is 5.91 Å². The molecule has 1 N–H and O–H groups in total. The Kier molecular flexibility index (Phi) is 4.57. The summed E-state index contributed by atoms with van der Waals surface area (Å²) >= 11 is 0. The highest BCUT2D eigenvalue weighted by Crippen LogP contribution is 2.39. The van der Waals surface area contributed by atoms with E-state index < -0.39 is 0 Å². The van der Waals surface area contributed by atoms with Gasteiger partial charge in [0.05, 0.1) is 12.6 Å². The quantitative estimate of drug-likeness (QED) is 0.909. The van der Waals surface area contributed by atoms with Crippen LogP contribution in [0.25, 0.3) is 0 Å². The van der Waals surface area contributed by atoms with Gasteiger partial charge in [-0.05, 0) is 36.8 Å². The standard InChI is InChI=1S/C20H25N3O2/c1-2-6-16-11-17(22-21-16)20(24)23-12-18(14-7-4-3-5-8-14)25-19(13-23)15-9-10-15/h3-5,7-8,11,15,18-19H,2,6,9-10,12-13H2,1H3,(H,21,22)/t18-,19+/m0/s1. The van der Waals surface area contributed by atoms with E-state index in [4.69, 9.17) is 4.74 Å². The van der Waals surface area contributed by atoms with Crippen LogP contribution in [0.1, 0.15) is 54.0 Å². The number of amides is 1. The van der Waals surface area contributed by atoms with Crippen molar-refractivity contribution in [3.8, 4) is 0 Å². The fraction of sp³-hybridized carbons (Fsp3) is 0.500. The number of nitrogens with one attached hydrogen (secondary N) is 1. The van der Waals surface area contributed by atoms with Crippen molar-refractivity contribution in [3.63, 3.8) is 0 Å². The number of hydrogen-bond acceptors (Lipinski definition) is 3. The maximum absolute atomic E-state index is 13.0. The molecule has 1 aromatic heterocycles. The van der Waals surface area contributed by atoms with Gasteiger partial charge < -0.3 is 9.64 Å². The molecule has 4 rings (SSSR count). The molecule has 25 heavy (non-hydrogen) atoms. The highest BCUT2D eigenvalue weighted by Gasteiger charge is 2.40. The van der Waals surface area contributed by atoms with Gasteiger partial charge in [-0.25, -0.2) is 0 Å². The molecule has 1 amide bonds. The van der Waals surface area contributed by atoms with Crippen LogP contribution in [-0.2, 0) is 11.2 Å². The number of ether oxygens (including phenoxy) is 1. The number of aryl methyl sites for hydroxylation is 1. The summed E-state index contributed by atoms with van der Waals surface area (Å²) in [5, 5.41) is 7.22. The number of hydrogen-bond donors (Lipinski definition) is 1. The minimum absolute atomic E-state index is 0.00786. The molecule has 2 heterocycles. The third-order valence-electron chi connectivity index (χ3n) is 5.10. The minimum atomic E-state index is -0.0569. The molecule has 0 radical (unpaired) electrons. The first-order valence-electron chi connectivity index (χ1n) is 9.28. The third-order valence-corrected chi connectivity index (χ3v) is 5.10. The molecule has 132 valence electrons. The zero-order chi connectivity index (χ0) is 17.2. The Bertz CT molecular complexity index is 724. The van der Waals surface area contributed by atoms with Crippen LogP contribution in [0.15, 0.2) is 36.4 Å². The van der Waals surface area contributed by atoms with Crippen molar-refractivity contribution in [1.29, 1.82) is 0 Å². The average Bonchev–Trinajstić information content (AvgIpc) is 3.41. The van der Waals surface area contributed by atoms with Crippen molar-refractivity contribution in [2.45, 2.75) is 44.8 Å². The predicted molar refractivity (Wildman–Crippen MR) is 95.3 cm³/mol. The minimum Gasteiger partial charge on any atom is -0.366 e. The first-order valence-corrected chi connectivity index (χ1v) is 9.28. The summed E-state index contributed by atoms with van der Waals surface area (Å²) in [4.78, 5) is 14.9. The van der Waals surface area contributed by atoms with Gasteiger partial charge in [0.1, 0.15) is 11.8 Å². The molecule has 2 aromatic rings. The van der Waals surface area contributed by atoms with Crippen molar-refractivity contribution in [2.75, 3.05) is 13.1 Å². The number of carbonyl (C=O) groups is 1. The second-order valence-corrected chi connectivity index (χ2v) is 7.15. The van der Waals surface area contributed by atoms with Gasteiger partial charge in [0, 0.05) is 12.2 Å². The molecule has 0 unspecified atom stereocenters. The van der Waals surface area contributed by atoms with Gasteiger partial charge in [0.15, 0.2) is 0 Å². The van der Waals surface area contributed by atoms with E-state index in [1.165, 1.54) is 12.8 Å². The Morgan fingerprint density at radius 3 is 2.80 bits per heavy atom. The molecule has 1 aromatic carbocycles. The SMILES string of the molecule is CCCc1cc(C(=O)N2C[C@@H](c3ccccc3)O[C@@H](C3CC3)C2)n[nH]1. The number of rotatable bonds is 5. The zero-order valence-corrected chi connectivity index (χ0v) is 14.6. The first-order chi connectivity index (χ1) is 12.2. The third kappa shape index (κ3) is 3.61. The smallest absolute Gasteiger partial charge is 0.274 e. The maximum Gasteiger partial charge on any atom is 0.274 e. The second-order valence-electron chi connectivity index (χ2n) is 7.15. The second kappa shape index (κ2) is 7.00. The molecule has 2 atom stereocenters. The van der Waals surface area contributed by atoms with Gasteiger partial charge >= 0.3 is 0 Å². The van der Waals surface area contributed by atoms with E-state index in [0.717, 1.165) is 24.1 Å². The Morgan fingerprint density at radius 2 is 2.08 bits per heavy atom. The lowest BCUT2D eigenvalue weighted by Crippen LogP contribution is -2.47. The van der Waals surface area contributed by atoms with E-state index in [-0.39, 0.29) is 18.1 Å². The van der Waals surface area contributed by atoms with Gasteiger partial charge in [0.25, 0.3) is 5.91 Å². The molecule has 1 aliphatic heterocycles.